The molecule has 0 aliphatic heterocycles. The predicted molar refractivity (Wildman–Crippen MR) is 102 cm³/mol. The largest absolute Gasteiger partial charge is 0.470 e. The normalized spacial score (nSPS) is 14.5. The molecule has 6 heteroatoms. The van der Waals surface area contributed by atoms with Gasteiger partial charge in [-0.1, -0.05) is 38.1 Å². The minimum Gasteiger partial charge on any atom is -0.470 e. The minimum atomic E-state index is -1.30. The molecule has 0 bridgehead atoms. The molecule has 1 aromatic carbocycles. The van der Waals surface area contributed by atoms with Crippen LogP contribution >= 0.6 is 11.8 Å². The molecule has 0 radical (unpaired) electrons. The summed E-state index contributed by atoms with van der Waals surface area (Å²) in [6.07, 6.45) is 2.15. The van der Waals surface area contributed by atoms with Crippen molar-refractivity contribution in [1.82, 2.24) is 0 Å². The van der Waals surface area contributed by atoms with Gasteiger partial charge in [-0.3, -0.25) is 9.59 Å². The highest BCUT2D eigenvalue weighted by atomic mass is 32.2. The summed E-state index contributed by atoms with van der Waals surface area (Å²) in [5.74, 6) is -1.93. The van der Waals surface area contributed by atoms with Gasteiger partial charge in [0.1, 0.15) is 0 Å². The van der Waals surface area contributed by atoms with Gasteiger partial charge in [-0.2, -0.15) is 0 Å². The maximum Gasteiger partial charge on any atom is 0.350 e. The number of allylic oxidation sites excluding steroid dienone is 1. The van der Waals surface area contributed by atoms with Crippen molar-refractivity contribution in [3.63, 3.8) is 0 Å². The highest BCUT2D eigenvalue weighted by Gasteiger charge is 2.44. The van der Waals surface area contributed by atoms with Crippen LogP contribution in [0.5, 0.6) is 0 Å². The van der Waals surface area contributed by atoms with E-state index in [9.17, 15) is 14.4 Å². The van der Waals surface area contributed by atoms with Gasteiger partial charge < -0.3 is 9.47 Å². The number of ether oxygens (including phenoxy) is 2. The molecule has 5 nitrogen and oxygen atoms in total. The van der Waals surface area contributed by atoms with Gasteiger partial charge in [-0.25, -0.2) is 4.79 Å². The highest BCUT2D eigenvalue weighted by molar-refractivity contribution is 8.07. The van der Waals surface area contributed by atoms with Crippen molar-refractivity contribution in [1.29, 1.82) is 0 Å². The number of hydrogen-bond donors (Lipinski definition) is 0. The van der Waals surface area contributed by atoms with Crippen LogP contribution in [0.25, 0.3) is 4.91 Å². The molecule has 1 aliphatic rings. The molecule has 140 valence electrons. The van der Waals surface area contributed by atoms with Crippen molar-refractivity contribution in [3.05, 3.63) is 41.2 Å². The van der Waals surface area contributed by atoms with Crippen LogP contribution < -0.4 is 0 Å². The number of benzene rings is 1. The van der Waals surface area contributed by atoms with Crippen molar-refractivity contribution in [2.75, 3.05) is 6.26 Å². The molecule has 0 saturated heterocycles. The summed E-state index contributed by atoms with van der Waals surface area (Å²) in [6.45, 7) is 7.11. The predicted octanol–water partition coefficient (Wildman–Crippen LogP) is 4.01. The van der Waals surface area contributed by atoms with Gasteiger partial charge in [0, 0.05) is 11.1 Å². The third-order valence-electron chi connectivity index (χ3n) is 4.39. The summed E-state index contributed by atoms with van der Waals surface area (Å²) in [5, 5.41) is 0. The first-order valence-electron chi connectivity index (χ1n) is 8.68. The molecule has 26 heavy (non-hydrogen) atoms. The van der Waals surface area contributed by atoms with Crippen LogP contribution in [0, 0.1) is 0 Å². The van der Waals surface area contributed by atoms with Crippen molar-refractivity contribution in [3.8, 4) is 0 Å². The highest BCUT2D eigenvalue weighted by Crippen LogP contribution is 2.39. The summed E-state index contributed by atoms with van der Waals surface area (Å²) in [5.41, 5.74) is -0.293. The fourth-order valence-corrected chi connectivity index (χ4v) is 3.58. The summed E-state index contributed by atoms with van der Waals surface area (Å²) in [4.78, 5) is 38.5. The first-order valence-corrected chi connectivity index (χ1v) is 9.90. The molecule has 0 unspecified atom stereocenters. The molecule has 2 rings (SSSR count). The molecule has 0 fully saturated rings. The Kier molecular flexibility index (Phi) is 6.29. The van der Waals surface area contributed by atoms with E-state index in [4.69, 9.17) is 9.47 Å². The van der Waals surface area contributed by atoms with Crippen LogP contribution in [0.1, 0.15) is 56.5 Å². The van der Waals surface area contributed by atoms with E-state index in [1.165, 1.54) is 11.8 Å². The topological polar surface area (TPSA) is 69.7 Å². The standard InChI is InChI=1S/C20H24O5S/c1-6-20(7-2,19(23)24-12(3)4)25-17-16(22)15(21)13-10-8-9-11-14(13)18(17)26-5/h8-12H,6-7H2,1-5H3. The number of fused-ring (bicyclic) bond motifs is 1. The van der Waals surface area contributed by atoms with Gasteiger partial charge in [0.25, 0.3) is 5.78 Å². The van der Waals surface area contributed by atoms with Gasteiger partial charge in [0.05, 0.1) is 11.0 Å². The van der Waals surface area contributed by atoms with Crippen molar-refractivity contribution >= 4 is 34.2 Å². The van der Waals surface area contributed by atoms with Crippen LogP contribution in [-0.4, -0.2) is 35.5 Å². The van der Waals surface area contributed by atoms with Gasteiger partial charge in [-0.05, 0) is 32.9 Å². The van der Waals surface area contributed by atoms with Gasteiger partial charge in [0.15, 0.2) is 5.76 Å². The number of carbonyl (C=O) groups is 3. The van der Waals surface area contributed by atoms with Crippen molar-refractivity contribution in [2.45, 2.75) is 52.2 Å². The Bertz CT molecular complexity index is 759. The Balaban J connectivity index is 2.56. The molecule has 0 amide bonds. The molecule has 0 aromatic heterocycles. The fourth-order valence-electron chi connectivity index (χ4n) is 2.87. The molecular formula is C20H24O5S. The summed E-state index contributed by atoms with van der Waals surface area (Å²) in [7, 11) is 0. The molecule has 0 spiro atoms. The molecule has 0 saturated carbocycles. The average molecular weight is 376 g/mol. The van der Waals surface area contributed by atoms with Crippen LogP contribution in [-0.2, 0) is 19.1 Å². The van der Waals surface area contributed by atoms with E-state index < -0.39 is 23.1 Å². The second kappa shape index (κ2) is 8.08. The molecule has 0 heterocycles. The molecular weight excluding hydrogens is 352 g/mol. The Morgan fingerprint density at radius 3 is 2.15 bits per heavy atom. The summed E-state index contributed by atoms with van der Waals surface area (Å²) >= 11 is 1.32. The zero-order valence-corrected chi connectivity index (χ0v) is 16.6. The van der Waals surface area contributed by atoms with E-state index in [0.717, 1.165) is 0 Å². The zero-order chi connectivity index (χ0) is 19.5. The second-order valence-corrected chi connectivity index (χ2v) is 7.14. The lowest BCUT2D eigenvalue weighted by molar-refractivity contribution is -0.173. The molecule has 0 N–H and O–H groups in total. The third kappa shape index (κ3) is 3.56. The van der Waals surface area contributed by atoms with Crippen LogP contribution in [0.15, 0.2) is 30.0 Å². The van der Waals surface area contributed by atoms with Crippen molar-refractivity contribution < 1.29 is 23.9 Å². The van der Waals surface area contributed by atoms with Crippen LogP contribution in [0.4, 0.5) is 0 Å². The summed E-state index contributed by atoms with van der Waals surface area (Å²) < 4.78 is 11.3. The Labute approximate surface area is 158 Å². The third-order valence-corrected chi connectivity index (χ3v) is 5.21. The smallest absolute Gasteiger partial charge is 0.350 e. The quantitative estimate of drug-likeness (QED) is 0.529. The van der Waals surface area contributed by atoms with Crippen LogP contribution in [0.2, 0.25) is 0 Å². The van der Waals surface area contributed by atoms with E-state index in [-0.39, 0.29) is 11.9 Å². The first-order chi connectivity index (χ1) is 12.3. The Hall–Kier alpha value is -2.08. The zero-order valence-electron chi connectivity index (χ0n) is 15.8. The molecule has 1 aromatic rings. The number of ketones is 2. The maximum atomic E-state index is 12.7. The Morgan fingerprint density at radius 2 is 1.65 bits per heavy atom. The van der Waals surface area contributed by atoms with E-state index in [1.807, 2.05) is 6.26 Å². The fraction of sp³-hybridized carbons (Fsp3) is 0.450. The number of Topliss-reactive ketones (excluding diaryl/α,β-unsaturated/α-hetero) is 2. The van der Waals surface area contributed by atoms with Gasteiger partial charge in [-0.15, -0.1) is 11.8 Å². The van der Waals surface area contributed by atoms with E-state index in [1.54, 1.807) is 52.0 Å². The lowest BCUT2D eigenvalue weighted by atomic mass is 9.92. The number of esters is 1. The van der Waals surface area contributed by atoms with E-state index >= 15 is 0 Å². The van der Waals surface area contributed by atoms with E-state index in [0.29, 0.717) is 28.9 Å². The number of rotatable bonds is 7. The SMILES string of the molecule is CCC(CC)(OC1=C(SC)c2ccccc2C(=O)C1=O)C(=O)OC(C)C. The van der Waals surface area contributed by atoms with E-state index in [2.05, 4.69) is 0 Å². The maximum absolute atomic E-state index is 12.7. The van der Waals surface area contributed by atoms with Crippen LogP contribution in [0.3, 0.4) is 0 Å². The number of thioether (sulfide) groups is 1. The first kappa shape index (κ1) is 20.2. The summed E-state index contributed by atoms with van der Waals surface area (Å²) in [6, 6.07) is 6.93. The molecule has 1 aliphatic carbocycles. The molecule has 0 atom stereocenters. The monoisotopic (exact) mass is 376 g/mol. The number of carbonyl (C=O) groups excluding carboxylic acids is 3. The number of hydrogen-bond acceptors (Lipinski definition) is 6. The Morgan fingerprint density at radius 1 is 1.08 bits per heavy atom. The van der Waals surface area contributed by atoms with Gasteiger partial charge in [0.2, 0.25) is 11.4 Å². The van der Waals surface area contributed by atoms with Gasteiger partial charge >= 0.3 is 5.97 Å². The average Bonchev–Trinajstić information content (AvgIpc) is 2.63. The lowest BCUT2D eigenvalue weighted by Crippen LogP contribution is -2.44. The van der Waals surface area contributed by atoms with Crippen molar-refractivity contribution in [2.24, 2.45) is 0 Å². The second-order valence-electron chi connectivity index (χ2n) is 6.32. The lowest BCUT2D eigenvalue weighted by Gasteiger charge is -2.33. The minimum absolute atomic E-state index is 0.0643.